The number of fused-ring (bicyclic) bond motifs is 1. The number of para-hydroxylation sites is 1. The molecule has 2 nitrogen and oxygen atoms in total. The maximum Gasteiger partial charge on any atom is 0.106 e. The number of thiocarbonyl (C=S) groups is 1. The van der Waals surface area contributed by atoms with Crippen LogP contribution in [0.5, 0.6) is 0 Å². The van der Waals surface area contributed by atoms with Crippen molar-refractivity contribution >= 4 is 40.2 Å². The third-order valence-corrected chi connectivity index (χ3v) is 4.32. The standard InChI is InChI=1S/C17H17ClN2S/c1-11-8-12-4-2-3-5-15(12)20(10-11)16-9-13(18)6-7-14(16)17(19)21/h2-7,9,11H,8,10H2,1H3,(H2,19,21). The lowest BCUT2D eigenvalue weighted by atomic mass is 9.93. The molecule has 0 saturated carbocycles. The molecule has 1 aliphatic heterocycles. The normalized spacial score (nSPS) is 17.4. The van der Waals surface area contributed by atoms with Crippen molar-refractivity contribution < 1.29 is 0 Å². The second kappa shape index (κ2) is 5.66. The Bertz CT molecular complexity index is 699. The molecule has 1 aliphatic rings. The van der Waals surface area contributed by atoms with Crippen molar-refractivity contribution in [2.24, 2.45) is 11.7 Å². The molecule has 21 heavy (non-hydrogen) atoms. The highest BCUT2D eigenvalue weighted by molar-refractivity contribution is 7.80. The summed E-state index contributed by atoms with van der Waals surface area (Å²) in [6.45, 7) is 3.20. The largest absolute Gasteiger partial charge is 0.389 e. The summed E-state index contributed by atoms with van der Waals surface area (Å²) < 4.78 is 0. The molecule has 0 aromatic heterocycles. The number of benzene rings is 2. The molecular formula is C17H17ClN2S. The van der Waals surface area contributed by atoms with E-state index in [4.69, 9.17) is 29.6 Å². The topological polar surface area (TPSA) is 29.3 Å². The van der Waals surface area contributed by atoms with Gasteiger partial charge in [0.15, 0.2) is 0 Å². The lowest BCUT2D eigenvalue weighted by Crippen LogP contribution is -2.32. The molecule has 2 aromatic rings. The lowest BCUT2D eigenvalue weighted by Gasteiger charge is -2.36. The van der Waals surface area contributed by atoms with Gasteiger partial charge in [-0.05, 0) is 42.2 Å². The molecule has 0 radical (unpaired) electrons. The van der Waals surface area contributed by atoms with E-state index in [1.54, 1.807) is 0 Å². The second-order valence-electron chi connectivity index (χ2n) is 5.57. The van der Waals surface area contributed by atoms with Gasteiger partial charge in [0.1, 0.15) is 4.99 Å². The van der Waals surface area contributed by atoms with Gasteiger partial charge in [0.2, 0.25) is 0 Å². The van der Waals surface area contributed by atoms with Gasteiger partial charge in [-0.1, -0.05) is 48.9 Å². The maximum absolute atomic E-state index is 6.19. The highest BCUT2D eigenvalue weighted by atomic mass is 35.5. The Morgan fingerprint density at radius 2 is 2.00 bits per heavy atom. The summed E-state index contributed by atoms with van der Waals surface area (Å²) in [6.07, 6.45) is 1.09. The minimum atomic E-state index is 0.400. The van der Waals surface area contributed by atoms with Crippen LogP contribution in [0.4, 0.5) is 11.4 Å². The molecule has 0 amide bonds. The first-order valence-electron chi connectivity index (χ1n) is 7.01. The van der Waals surface area contributed by atoms with Crippen LogP contribution >= 0.6 is 23.8 Å². The molecule has 2 N–H and O–H groups in total. The molecule has 1 unspecified atom stereocenters. The van der Waals surface area contributed by atoms with Crippen molar-refractivity contribution in [2.45, 2.75) is 13.3 Å². The Morgan fingerprint density at radius 3 is 2.76 bits per heavy atom. The molecule has 108 valence electrons. The molecule has 0 aliphatic carbocycles. The molecular weight excluding hydrogens is 300 g/mol. The van der Waals surface area contributed by atoms with Gasteiger partial charge in [0, 0.05) is 22.8 Å². The number of anilines is 2. The average molecular weight is 317 g/mol. The molecule has 2 aromatic carbocycles. The van der Waals surface area contributed by atoms with Crippen LogP contribution in [0.1, 0.15) is 18.1 Å². The van der Waals surface area contributed by atoms with Gasteiger partial charge < -0.3 is 10.6 Å². The maximum atomic E-state index is 6.19. The van der Waals surface area contributed by atoms with Gasteiger partial charge in [0.25, 0.3) is 0 Å². The summed E-state index contributed by atoms with van der Waals surface area (Å²) in [5.74, 6) is 0.568. The third-order valence-electron chi connectivity index (χ3n) is 3.86. The molecule has 0 saturated heterocycles. The summed E-state index contributed by atoms with van der Waals surface area (Å²) in [7, 11) is 0. The van der Waals surface area contributed by atoms with Crippen LogP contribution in [0.25, 0.3) is 0 Å². The summed E-state index contributed by atoms with van der Waals surface area (Å²) in [5.41, 5.74) is 10.3. The fourth-order valence-electron chi connectivity index (χ4n) is 2.96. The molecule has 4 heteroatoms. The molecule has 0 bridgehead atoms. The summed E-state index contributed by atoms with van der Waals surface area (Å²) >= 11 is 11.4. The fraction of sp³-hybridized carbons (Fsp3) is 0.235. The van der Waals surface area contributed by atoms with E-state index in [2.05, 4.69) is 36.1 Å². The van der Waals surface area contributed by atoms with E-state index in [1.807, 2.05) is 18.2 Å². The number of halogens is 1. The van der Waals surface area contributed by atoms with E-state index in [-0.39, 0.29) is 0 Å². The molecule has 0 fully saturated rings. The van der Waals surface area contributed by atoms with E-state index < -0.39 is 0 Å². The van der Waals surface area contributed by atoms with E-state index in [0.717, 1.165) is 24.2 Å². The van der Waals surface area contributed by atoms with Crippen molar-refractivity contribution in [1.82, 2.24) is 0 Å². The number of hydrogen-bond acceptors (Lipinski definition) is 2. The van der Waals surface area contributed by atoms with Crippen LogP contribution in [0.3, 0.4) is 0 Å². The van der Waals surface area contributed by atoms with Gasteiger partial charge in [0.05, 0.1) is 5.69 Å². The van der Waals surface area contributed by atoms with Crippen molar-refractivity contribution in [2.75, 3.05) is 11.4 Å². The molecule has 1 atom stereocenters. The predicted octanol–water partition coefficient (Wildman–Crippen LogP) is 4.30. The van der Waals surface area contributed by atoms with Crippen molar-refractivity contribution in [3.63, 3.8) is 0 Å². The summed E-state index contributed by atoms with van der Waals surface area (Å²) in [4.78, 5) is 2.68. The smallest absolute Gasteiger partial charge is 0.106 e. The first-order valence-corrected chi connectivity index (χ1v) is 7.79. The lowest BCUT2D eigenvalue weighted by molar-refractivity contribution is 0.562. The minimum Gasteiger partial charge on any atom is -0.389 e. The zero-order chi connectivity index (χ0) is 15.0. The molecule has 1 heterocycles. The predicted molar refractivity (Wildman–Crippen MR) is 93.7 cm³/mol. The molecule has 0 spiro atoms. The number of nitrogens with zero attached hydrogens (tertiary/aromatic N) is 1. The third kappa shape index (κ3) is 2.76. The number of rotatable bonds is 2. The highest BCUT2D eigenvalue weighted by Gasteiger charge is 2.24. The SMILES string of the molecule is CC1Cc2ccccc2N(c2cc(Cl)ccc2C(N)=S)C1. The Balaban J connectivity index is 2.17. The van der Waals surface area contributed by atoms with Gasteiger partial charge in [-0.2, -0.15) is 0 Å². The van der Waals surface area contributed by atoms with Gasteiger partial charge in [-0.25, -0.2) is 0 Å². The Labute approximate surface area is 135 Å². The Kier molecular flexibility index (Phi) is 3.87. The first kappa shape index (κ1) is 14.4. The Morgan fingerprint density at radius 1 is 1.24 bits per heavy atom. The van der Waals surface area contributed by atoms with Crippen LogP contribution in [-0.2, 0) is 6.42 Å². The van der Waals surface area contributed by atoms with Crippen LogP contribution < -0.4 is 10.6 Å². The fourth-order valence-corrected chi connectivity index (χ4v) is 3.30. The first-order chi connectivity index (χ1) is 10.1. The van der Waals surface area contributed by atoms with Crippen LogP contribution in [-0.4, -0.2) is 11.5 Å². The number of nitrogens with two attached hydrogens (primary N) is 1. The van der Waals surface area contributed by atoms with Crippen LogP contribution in [0.15, 0.2) is 42.5 Å². The van der Waals surface area contributed by atoms with Crippen molar-refractivity contribution in [1.29, 1.82) is 0 Å². The zero-order valence-corrected chi connectivity index (χ0v) is 13.4. The van der Waals surface area contributed by atoms with E-state index in [1.165, 1.54) is 11.3 Å². The van der Waals surface area contributed by atoms with Crippen LogP contribution in [0.2, 0.25) is 5.02 Å². The van der Waals surface area contributed by atoms with Gasteiger partial charge >= 0.3 is 0 Å². The second-order valence-corrected chi connectivity index (χ2v) is 6.45. The van der Waals surface area contributed by atoms with E-state index in [0.29, 0.717) is 15.9 Å². The minimum absolute atomic E-state index is 0.400. The average Bonchev–Trinajstić information content (AvgIpc) is 2.45. The van der Waals surface area contributed by atoms with E-state index >= 15 is 0 Å². The number of hydrogen-bond donors (Lipinski definition) is 1. The Hall–Kier alpha value is -1.58. The summed E-state index contributed by atoms with van der Waals surface area (Å²) in [5, 5.41) is 0.695. The quantitative estimate of drug-likeness (QED) is 0.837. The highest BCUT2D eigenvalue weighted by Crippen LogP contribution is 2.37. The zero-order valence-electron chi connectivity index (χ0n) is 11.8. The van der Waals surface area contributed by atoms with Gasteiger partial charge in [-0.3, -0.25) is 0 Å². The van der Waals surface area contributed by atoms with Crippen molar-refractivity contribution in [3.8, 4) is 0 Å². The molecule has 3 rings (SSSR count). The van der Waals surface area contributed by atoms with E-state index in [9.17, 15) is 0 Å². The monoisotopic (exact) mass is 316 g/mol. The van der Waals surface area contributed by atoms with Crippen molar-refractivity contribution in [3.05, 3.63) is 58.6 Å². The van der Waals surface area contributed by atoms with Crippen LogP contribution in [0, 0.1) is 5.92 Å². The van der Waals surface area contributed by atoms with Gasteiger partial charge in [-0.15, -0.1) is 0 Å². The summed E-state index contributed by atoms with van der Waals surface area (Å²) in [6, 6.07) is 14.2.